The molecule has 6 nitrogen and oxygen atoms in total. The Morgan fingerprint density at radius 2 is 1.70 bits per heavy atom. The first-order valence-electron chi connectivity index (χ1n) is 9.61. The molecule has 0 bridgehead atoms. The second-order valence-corrected chi connectivity index (χ2v) is 9.43. The minimum atomic E-state index is -3.59. The van der Waals surface area contributed by atoms with Crippen LogP contribution < -0.4 is 10.0 Å². The summed E-state index contributed by atoms with van der Waals surface area (Å²) in [6.45, 7) is 1.74. The van der Waals surface area contributed by atoms with Crippen molar-refractivity contribution in [2.45, 2.75) is 17.1 Å². The number of amides is 1. The van der Waals surface area contributed by atoms with Crippen LogP contribution in [-0.4, -0.2) is 34.1 Å². The number of anilines is 1. The largest absolute Gasteiger partial charge is 0.381 e. The summed E-state index contributed by atoms with van der Waals surface area (Å²) in [7, 11) is -3.59. The molecule has 0 fully saturated rings. The predicted octanol–water partition coefficient (Wildman–Crippen LogP) is 3.93. The van der Waals surface area contributed by atoms with E-state index in [-0.39, 0.29) is 10.1 Å². The van der Waals surface area contributed by atoms with Gasteiger partial charge in [0.15, 0.2) is 0 Å². The molecular formula is C22H24N2O4S2. The van der Waals surface area contributed by atoms with Gasteiger partial charge in [-0.1, -0.05) is 36.4 Å². The van der Waals surface area contributed by atoms with Gasteiger partial charge in [-0.2, -0.15) is 0 Å². The Morgan fingerprint density at radius 3 is 2.40 bits per heavy atom. The average molecular weight is 445 g/mol. The summed E-state index contributed by atoms with van der Waals surface area (Å²) in [4.78, 5) is 12.2. The molecule has 0 saturated carbocycles. The first kappa shape index (κ1) is 22.0. The summed E-state index contributed by atoms with van der Waals surface area (Å²) in [6.07, 6.45) is 1.59. The molecule has 0 aliphatic carbocycles. The van der Waals surface area contributed by atoms with Crippen molar-refractivity contribution >= 4 is 33.0 Å². The van der Waals surface area contributed by atoms with Crippen LogP contribution in [0.15, 0.2) is 76.3 Å². The fraction of sp³-hybridized carbons (Fsp3) is 0.227. The van der Waals surface area contributed by atoms with Crippen molar-refractivity contribution in [2.75, 3.05) is 24.5 Å². The molecule has 0 aliphatic heterocycles. The molecule has 1 aromatic heterocycles. The normalized spacial score (nSPS) is 11.2. The number of carbonyl (C=O) groups is 1. The van der Waals surface area contributed by atoms with Gasteiger partial charge in [0, 0.05) is 24.4 Å². The van der Waals surface area contributed by atoms with Crippen LogP contribution in [0.3, 0.4) is 0 Å². The molecule has 2 aromatic carbocycles. The van der Waals surface area contributed by atoms with E-state index in [0.717, 1.165) is 24.2 Å². The Hall–Kier alpha value is -2.68. The molecule has 0 aliphatic rings. The Labute approximate surface area is 181 Å². The Morgan fingerprint density at radius 1 is 0.933 bits per heavy atom. The van der Waals surface area contributed by atoms with E-state index in [2.05, 4.69) is 22.2 Å². The summed E-state index contributed by atoms with van der Waals surface area (Å²) in [6, 6.07) is 19.7. The lowest BCUT2D eigenvalue weighted by Crippen LogP contribution is -2.25. The maximum absolute atomic E-state index is 12.2. The average Bonchev–Trinajstić information content (AvgIpc) is 3.30. The maximum atomic E-state index is 12.2. The van der Waals surface area contributed by atoms with E-state index >= 15 is 0 Å². The number of benzene rings is 2. The van der Waals surface area contributed by atoms with E-state index in [1.54, 1.807) is 41.8 Å². The summed E-state index contributed by atoms with van der Waals surface area (Å²) in [5, 5.41) is 4.55. The van der Waals surface area contributed by atoms with Crippen LogP contribution in [0.1, 0.15) is 22.3 Å². The van der Waals surface area contributed by atoms with Crippen molar-refractivity contribution in [3.63, 3.8) is 0 Å². The van der Waals surface area contributed by atoms with Gasteiger partial charge in [0.2, 0.25) is 0 Å². The van der Waals surface area contributed by atoms with Crippen molar-refractivity contribution < 1.29 is 17.9 Å². The quantitative estimate of drug-likeness (QED) is 0.439. The number of nitrogens with one attached hydrogen (secondary N) is 2. The molecule has 30 heavy (non-hydrogen) atoms. The van der Waals surface area contributed by atoms with Crippen LogP contribution in [0.2, 0.25) is 0 Å². The molecule has 2 N–H and O–H groups in total. The number of rotatable bonds is 11. The van der Waals surface area contributed by atoms with Crippen molar-refractivity contribution in [1.29, 1.82) is 0 Å². The SMILES string of the molecule is O=C(NCCCOCCc1ccccc1)c1ccc(NS(=O)(=O)c2cccs2)cc1. The number of hydrogen-bond acceptors (Lipinski definition) is 5. The van der Waals surface area contributed by atoms with E-state index in [1.807, 2.05) is 18.2 Å². The van der Waals surface area contributed by atoms with Crippen LogP contribution in [0, 0.1) is 0 Å². The first-order chi connectivity index (χ1) is 14.5. The summed E-state index contributed by atoms with van der Waals surface area (Å²) in [5.41, 5.74) is 2.12. The third-order valence-corrected chi connectivity index (χ3v) is 7.07. The maximum Gasteiger partial charge on any atom is 0.271 e. The molecule has 0 radical (unpaired) electrons. The lowest BCUT2D eigenvalue weighted by Gasteiger charge is -2.08. The smallest absolute Gasteiger partial charge is 0.271 e. The summed E-state index contributed by atoms with van der Waals surface area (Å²) >= 11 is 1.15. The van der Waals surface area contributed by atoms with Gasteiger partial charge in [-0.25, -0.2) is 8.42 Å². The van der Waals surface area contributed by atoms with Gasteiger partial charge < -0.3 is 10.1 Å². The Kier molecular flexibility index (Phi) is 8.01. The molecule has 0 atom stereocenters. The van der Waals surface area contributed by atoms with Crippen LogP contribution in [0.25, 0.3) is 0 Å². The van der Waals surface area contributed by atoms with E-state index in [1.165, 1.54) is 5.56 Å². The second-order valence-electron chi connectivity index (χ2n) is 6.57. The fourth-order valence-electron chi connectivity index (χ4n) is 2.73. The molecular weight excluding hydrogens is 420 g/mol. The van der Waals surface area contributed by atoms with Gasteiger partial charge in [-0.05, 0) is 54.1 Å². The minimum absolute atomic E-state index is 0.202. The topological polar surface area (TPSA) is 84.5 Å². The van der Waals surface area contributed by atoms with E-state index in [9.17, 15) is 13.2 Å². The molecule has 0 saturated heterocycles. The Balaban J connectivity index is 1.35. The van der Waals surface area contributed by atoms with Gasteiger partial charge in [0.05, 0.1) is 6.61 Å². The van der Waals surface area contributed by atoms with Crippen LogP contribution in [-0.2, 0) is 21.2 Å². The Bertz CT molecular complexity index is 1020. The van der Waals surface area contributed by atoms with Crippen molar-refractivity contribution in [3.05, 3.63) is 83.2 Å². The van der Waals surface area contributed by atoms with Gasteiger partial charge in [0.25, 0.3) is 15.9 Å². The van der Waals surface area contributed by atoms with Crippen molar-refractivity contribution in [3.8, 4) is 0 Å². The third-order valence-electron chi connectivity index (χ3n) is 4.29. The highest BCUT2D eigenvalue weighted by Gasteiger charge is 2.15. The first-order valence-corrected chi connectivity index (χ1v) is 12.0. The van der Waals surface area contributed by atoms with E-state index < -0.39 is 10.0 Å². The van der Waals surface area contributed by atoms with Crippen LogP contribution >= 0.6 is 11.3 Å². The van der Waals surface area contributed by atoms with Crippen molar-refractivity contribution in [2.24, 2.45) is 0 Å². The van der Waals surface area contributed by atoms with Gasteiger partial charge in [-0.15, -0.1) is 11.3 Å². The highest BCUT2D eigenvalue weighted by atomic mass is 32.2. The van der Waals surface area contributed by atoms with Gasteiger partial charge in [0.1, 0.15) is 4.21 Å². The molecule has 158 valence electrons. The summed E-state index contributed by atoms with van der Waals surface area (Å²) < 4.78 is 32.8. The molecule has 3 rings (SSSR count). The molecule has 1 heterocycles. The molecule has 1 amide bonds. The lowest BCUT2D eigenvalue weighted by atomic mass is 10.2. The lowest BCUT2D eigenvalue weighted by molar-refractivity contribution is 0.0942. The second kappa shape index (κ2) is 10.9. The number of ether oxygens (including phenoxy) is 1. The number of sulfonamides is 1. The molecule has 3 aromatic rings. The van der Waals surface area contributed by atoms with Gasteiger partial charge >= 0.3 is 0 Å². The van der Waals surface area contributed by atoms with Crippen molar-refractivity contribution in [1.82, 2.24) is 5.32 Å². The zero-order valence-electron chi connectivity index (χ0n) is 16.4. The molecule has 0 unspecified atom stereocenters. The highest BCUT2D eigenvalue weighted by Crippen LogP contribution is 2.20. The van der Waals surface area contributed by atoms with E-state index in [4.69, 9.17) is 4.74 Å². The zero-order valence-corrected chi connectivity index (χ0v) is 18.0. The minimum Gasteiger partial charge on any atom is -0.381 e. The highest BCUT2D eigenvalue weighted by molar-refractivity contribution is 7.94. The summed E-state index contributed by atoms with van der Waals surface area (Å²) in [5.74, 6) is -0.202. The standard InChI is InChI=1S/C22H24N2O4S2/c25-22(23-14-5-15-28-16-13-18-6-2-1-3-7-18)19-9-11-20(12-10-19)24-30(26,27)21-8-4-17-29-21/h1-4,6-12,17,24H,5,13-16H2,(H,23,25). The number of thiophene rings is 1. The third kappa shape index (κ3) is 6.69. The predicted molar refractivity (Wildman–Crippen MR) is 119 cm³/mol. The monoisotopic (exact) mass is 444 g/mol. The number of hydrogen-bond donors (Lipinski definition) is 2. The van der Waals surface area contributed by atoms with Crippen LogP contribution in [0.5, 0.6) is 0 Å². The number of carbonyl (C=O) groups excluding carboxylic acids is 1. The molecule has 0 spiro atoms. The zero-order chi connectivity index (χ0) is 21.2. The van der Waals surface area contributed by atoms with Gasteiger partial charge in [-0.3, -0.25) is 9.52 Å². The molecule has 8 heteroatoms. The van der Waals surface area contributed by atoms with Crippen LogP contribution in [0.4, 0.5) is 5.69 Å². The van der Waals surface area contributed by atoms with E-state index in [0.29, 0.717) is 31.0 Å². The fourth-order valence-corrected chi connectivity index (χ4v) is 4.78.